The number of hydrogen-bond donors (Lipinski definition) is 1. The lowest BCUT2D eigenvalue weighted by Crippen LogP contribution is -2.13. The minimum atomic E-state index is -0.739. The van der Waals surface area contributed by atoms with Crippen molar-refractivity contribution in [2.45, 2.75) is 6.92 Å². The van der Waals surface area contributed by atoms with E-state index in [2.05, 4.69) is 5.32 Å². The lowest BCUT2D eigenvalue weighted by molar-refractivity contribution is 0.102. The first-order valence-electron chi connectivity index (χ1n) is 5.60. The molecular weight excluding hydrogens is 307 g/mol. The molecule has 2 aromatic rings. The van der Waals surface area contributed by atoms with E-state index in [1.165, 1.54) is 18.2 Å². The number of halogens is 4. The minimum Gasteiger partial charge on any atom is -0.322 e. The summed E-state index contributed by atoms with van der Waals surface area (Å²) in [7, 11) is 0. The Balaban J connectivity index is 2.31. The number of benzene rings is 2. The molecule has 6 heteroatoms. The molecule has 2 aromatic carbocycles. The summed E-state index contributed by atoms with van der Waals surface area (Å²) in [6, 6.07) is 6.03. The summed E-state index contributed by atoms with van der Waals surface area (Å²) in [5.41, 5.74) is 0.920. The first kappa shape index (κ1) is 14.8. The van der Waals surface area contributed by atoms with Gasteiger partial charge < -0.3 is 5.32 Å². The number of hydrogen-bond acceptors (Lipinski definition) is 1. The second-order valence-electron chi connectivity index (χ2n) is 4.16. The fourth-order valence-corrected chi connectivity index (χ4v) is 2.12. The summed E-state index contributed by atoms with van der Waals surface area (Å²) in [6.07, 6.45) is 0. The van der Waals surface area contributed by atoms with E-state index in [0.717, 1.165) is 12.1 Å². The van der Waals surface area contributed by atoms with E-state index < -0.39 is 17.5 Å². The molecule has 0 radical (unpaired) electrons. The standard InChI is InChI=1S/C14H9Cl2F2NO/c1-7-4-8(17)2-3-13(7)19-14(20)9-5-12(18)11(16)6-10(9)15/h2-6H,1H3,(H,19,20). The molecule has 0 saturated heterocycles. The van der Waals surface area contributed by atoms with Gasteiger partial charge in [-0.15, -0.1) is 0 Å². The summed E-state index contributed by atoms with van der Waals surface area (Å²) in [4.78, 5) is 12.0. The van der Waals surface area contributed by atoms with Crippen LogP contribution in [0.4, 0.5) is 14.5 Å². The van der Waals surface area contributed by atoms with E-state index >= 15 is 0 Å². The van der Waals surface area contributed by atoms with Crippen molar-refractivity contribution in [2.75, 3.05) is 5.32 Å². The van der Waals surface area contributed by atoms with Crippen molar-refractivity contribution in [1.82, 2.24) is 0 Å². The van der Waals surface area contributed by atoms with Crippen LogP contribution in [-0.4, -0.2) is 5.91 Å². The Morgan fingerprint density at radius 2 is 1.80 bits per heavy atom. The van der Waals surface area contributed by atoms with Crippen molar-refractivity contribution in [3.05, 3.63) is 63.1 Å². The van der Waals surface area contributed by atoms with Crippen LogP contribution in [-0.2, 0) is 0 Å². The average molecular weight is 316 g/mol. The van der Waals surface area contributed by atoms with Gasteiger partial charge in [0.2, 0.25) is 0 Å². The third-order valence-corrected chi connectivity index (χ3v) is 3.29. The third kappa shape index (κ3) is 3.08. The van der Waals surface area contributed by atoms with Gasteiger partial charge >= 0.3 is 0 Å². The monoisotopic (exact) mass is 315 g/mol. The fourth-order valence-electron chi connectivity index (χ4n) is 1.65. The molecule has 0 spiro atoms. The molecule has 0 heterocycles. The quantitative estimate of drug-likeness (QED) is 0.790. The Bertz CT molecular complexity index is 689. The van der Waals surface area contributed by atoms with Crippen LogP contribution in [0.2, 0.25) is 10.0 Å². The number of amides is 1. The number of nitrogens with one attached hydrogen (secondary N) is 1. The highest BCUT2D eigenvalue weighted by atomic mass is 35.5. The Morgan fingerprint density at radius 3 is 2.45 bits per heavy atom. The second-order valence-corrected chi connectivity index (χ2v) is 4.97. The van der Waals surface area contributed by atoms with Gasteiger partial charge in [-0.2, -0.15) is 0 Å². The molecule has 20 heavy (non-hydrogen) atoms. The minimum absolute atomic E-state index is 0.0358. The molecule has 0 aliphatic carbocycles. The maximum Gasteiger partial charge on any atom is 0.257 e. The van der Waals surface area contributed by atoms with Gasteiger partial charge in [-0.3, -0.25) is 4.79 Å². The number of carbonyl (C=O) groups is 1. The first-order chi connectivity index (χ1) is 9.38. The molecule has 0 atom stereocenters. The van der Waals surface area contributed by atoms with Crippen LogP contribution in [0.1, 0.15) is 15.9 Å². The maximum absolute atomic E-state index is 13.4. The molecule has 0 bridgehead atoms. The van der Waals surface area contributed by atoms with Gasteiger partial charge in [0.05, 0.1) is 15.6 Å². The highest BCUT2D eigenvalue weighted by Crippen LogP contribution is 2.25. The number of anilines is 1. The topological polar surface area (TPSA) is 29.1 Å². The summed E-state index contributed by atoms with van der Waals surface area (Å²) in [5, 5.41) is 2.41. The molecular formula is C14H9Cl2F2NO. The molecule has 0 aliphatic heterocycles. The Hall–Kier alpha value is -1.65. The van der Waals surface area contributed by atoms with Crippen molar-refractivity contribution in [3.8, 4) is 0 Å². The zero-order chi connectivity index (χ0) is 14.9. The highest BCUT2D eigenvalue weighted by Gasteiger charge is 2.15. The summed E-state index contributed by atoms with van der Waals surface area (Å²) in [5.74, 6) is -1.74. The Kier molecular flexibility index (Phi) is 4.26. The second kappa shape index (κ2) is 5.77. The summed E-state index contributed by atoms with van der Waals surface area (Å²) < 4.78 is 26.3. The number of aryl methyl sites for hydroxylation is 1. The maximum atomic E-state index is 13.4. The normalized spacial score (nSPS) is 10.4. The predicted molar refractivity (Wildman–Crippen MR) is 75.5 cm³/mol. The third-order valence-electron chi connectivity index (χ3n) is 2.69. The molecule has 104 valence electrons. The van der Waals surface area contributed by atoms with Crippen LogP contribution in [0, 0.1) is 18.6 Å². The van der Waals surface area contributed by atoms with Gasteiger partial charge in [-0.05, 0) is 42.8 Å². The van der Waals surface area contributed by atoms with Crippen LogP contribution in [0.15, 0.2) is 30.3 Å². The molecule has 0 aromatic heterocycles. The fraction of sp³-hybridized carbons (Fsp3) is 0.0714. The zero-order valence-electron chi connectivity index (χ0n) is 10.3. The molecule has 1 N–H and O–H groups in total. The van der Waals surface area contributed by atoms with Crippen molar-refractivity contribution >= 4 is 34.8 Å². The van der Waals surface area contributed by atoms with E-state index in [1.807, 2.05) is 0 Å². The van der Waals surface area contributed by atoms with Crippen molar-refractivity contribution in [3.63, 3.8) is 0 Å². The predicted octanol–water partition coefficient (Wildman–Crippen LogP) is 4.83. The van der Waals surface area contributed by atoms with Gasteiger partial charge in [-0.1, -0.05) is 23.2 Å². The molecule has 2 nitrogen and oxygen atoms in total. The van der Waals surface area contributed by atoms with Crippen molar-refractivity contribution < 1.29 is 13.6 Å². The molecule has 0 aliphatic rings. The van der Waals surface area contributed by atoms with E-state index in [-0.39, 0.29) is 15.6 Å². The number of rotatable bonds is 2. The number of carbonyl (C=O) groups excluding carboxylic acids is 1. The van der Waals surface area contributed by atoms with E-state index in [0.29, 0.717) is 11.3 Å². The molecule has 1 amide bonds. The molecule has 0 fully saturated rings. The van der Waals surface area contributed by atoms with Crippen LogP contribution >= 0.6 is 23.2 Å². The van der Waals surface area contributed by atoms with Crippen molar-refractivity contribution in [2.24, 2.45) is 0 Å². The van der Waals surface area contributed by atoms with E-state index in [1.54, 1.807) is 6.92 Å². The van der Waals surface area contributed by atoms with Crippen LogP contribution < -0.4 is 5.32 Å². The van der Waals surface area contributed by atoms with Crippen LogP contribution in [0.3, 0.4) is 0 Å². The van der Waals surface area contributed by atoms with Gasteiger partial charge in [0.1, 0.15) is 11.6 Å². The lowest BCUT2D eigenvalue weighted by Gasteiger charge is -2.10. The first-order valence-corrected chi connectivity index (χ1v) is 6.36. The summed E-state index contributed by atoms with van der Waals surface area (Å²) >= 11 is 11.4. The Labute approximate surface area is 124 Å². The molecule has 0 saturated carbocycles. The van der Waals surface area contributed by atoms with Gasteiger partial charge in [0.25, 0.3) is 5.91 Å². The van der Waals surface area contributed by atoms with Gasteiger partial charge in [0.15, 0.2) is 0 Å². The average Bonchev–Trinajstić information content (AvgIpc) is 2.37. The van der Waals surface area contributed by atoms with Crippen LogP contribution in [0.25, 0.3) is 0 Å². The SMILES string of the molecule is Cc1cc(F)ccc1NC(=O)c1cc(F)c(Cl)cc1Cl. The van der Waals surface area contributed by atoms with E-state index in [4.69, 9.17) is 23.2 Å². The van der Waals surface area contributed by atoms with Crippen LogP contribution in [0.5, 0.6) is 0 Å². The van der Waals surface area contributed by atoms with Gasteiger partial charge in [-0.25, -0.2) is 8.78 Å². The van der Waals surface area contributed by atoms with Crippen molar-refractivity contribution in [1.29, 1.82) is 0 Å². The summed E-state index contributed by atoms with van der Waals surface area (Å²) in [6.45, 7) is 1.64. The smallest absolute Gasteiger partial charge is 0.257 e. The Morgan fingerprint density at radius 1 is 1.10 bits per heavy atom. The van der Waals surface area contributed by atoms with E-state index in [9.17, 15) is 13.6 Å². The molecule has 0 unspecified atom stereocenters. The largest absolute Gasteiger partial charge is 0.322 e. The molecule has 2 rings (SSSR count). The highest BCUT2D eigenvalue weighted by molar-refractivity contribution is 6.37. The zero-order valence-corrected chi connectivity index (χ0v) is 11.8. The lowest BCUT2D eigenvalue weighted by atomic mass is 10.1. The van der Waals surface area contributed by atoms with Gasteiger partial charge in [0, 0.05) is 5.69 Å².